The monoisotopic (exact) mass is 298 g/mol. The molecule has 1 aliphatic rings. The van der Waals surface area contributed by atoms with Crippen LogP contribution in [0, 0.1) is 0 Å². The Kier molecular flexibility index (Phi) is 7.15. The lowest BCUT2D eigenvalue weighted by Crippen LogP contribution is -2.70. The average molecular weight is 298 g/mol. The fourth-order valence-electron chi connectivity index (χ4n) is 3.15. The zero-order valence-electron chi connectivity index (χ0n) is 13.9. The topological polar surface area (TPSA) is 58.6 Å². The summed E-state index contributed by atoms with van der Waals surface area (Å²) >= 11 is 0. The number of methoxy groups -OCH3 is 1. The Bertz CT molecular complexity index is 353. The molecule has 5 heteroatoms. The second-order valence-electron chi connectivity index (χ2n) is 5.74. The molecule has 1 aliphatic heterocycles. The molecule has 0 aliphatic carbocycles. The first-order chi connectivity index (χ1) is 10.1. The number of carbonyl (C=O) groups excluding carboxylic acids is 2. The summed E-state index contributed by atoms with van der Waals surface area (Å²) in [7, 11) is 1.68. The second kappa shape index (κ2) is 8.37. The lowest BCUT2D eigenvalue weighted by Gasteiger charge is -2.47. The van der Waals surface area contributed by atoms with Gasteiger partial charge in [-0.1, -0.05) is 27.2 Å². The van der Waals surface area contributed by atoms with Crippen LogP contribution in [0.1, 0.15) is 59.3 Å². The van der Waals surface area contributed by atoms with E-state index in [2.05, 4.69) is 5.32 Å². The van der Waals surface area contributed by atoms with Gasteiger partial charge in [0.05, 0.1) is 0 Å². The van der Waals surface area contributed by atoms with Crippen molar-refractivity contribution in [1.29, 1.82) is 0 Å². The van der Waals surface area contributed by atoms with Crippen LogP contribution in [0.2, 0.25) is 0 Å². The van der Waals surface area contributed by atoms with Crippen LogP contribution in [0.4, 0.5) is 0 Å². The molecule has 1 saturated heterocycles. The van der Waals surface area contributed by atoms with Crippen LogP contribution in [0.25, 0.3) is 0 Å². The van der Waals surface area contributed by atoms with Crippen LogP contribution >= 0.6 is 0 Å². The van der Waals surface area contributed by atoms with Crippen LogP contribution in [0.15, 0.2) is 0 Å². The molecule has 1 fully saturated rings. The number of nitrogens with one attached hydrogen (secondary N) is 1. The summed E-state index contributed by atoms with van der Waals surface area (Å²) in [6.45, 7) is 7.33. The molecule has 5 nitrogen and oxygen atoms in total. The molecule has 1 atom stereocenters. The predicted molar refractivity (Wildman–Crippen MR) is 83.0 cm³/mol. The molecular weight excluding hydrogens is 268 g/mol. The van der Waals surface area contributed by atoms with Gasteiger partial charge in [0.25, 0.3) is 0 Å². The number of piperazine rings is 1. The van der Waals surface area contributed by atoms with E-state index in [1.54, 1.807) is 7.11 Å². The van der Waals surface area contributed by atoms with E-state index in [-0.39, 0.29) is 17.9 Å². The maximum Gasteiger partial charge on any atom is 0.246 e. The number of carbonyl (C=O) groups is 2. The van der Waals surface area contributed by atoms with Gasteiger partial charge in [-0.05, 0) is 32.1 Å². The van der Waals surface area contributed by atoms with E-state index in [1.165, 1.54) is 0 Å². The molecule has 0 aromatic rings. The number of rotatable bonds is 9. The van der Waals surface area contributed by atoms with Gasteiger partial charge in [0, 0.05) is 20.3 Å². The number of nitrogens with zero attached hydrogens (tertiary/aromatic N) is 1. The third-order valence-electron chi connectivity index (χ3n) is 4.54. The maximum absolute atomic E-state index is 12.7. The SMILES string of the molecule is CCCC1NC(=O)C(CC)(CC)N(CCCCOC)C1=O. The molecular formula is C16H30N2O3. The first kappa shape index (κ1) is 18.0. The van der Waals surface area contributed by atoms with Crippen molar-refractivity contribution in [2.75, 3.05) is 20.3 Å². The quantitative estimate of drug-likeness (QED) is 0.663. The highest BCUT2D eigenvalue weighted by Crippen LogP contribution is 2.30. The Morgan fingerprint density at radius 1 is 1.19 bits per heavy atom. The van der Waals surface area contributed by atoms with E-state index < -0.39 is 5.54 Å². The number of unbranched alkanes of at least 4 members (excludes halogenated alkanes) is 1. The lowest BCUT2D eigenvalue weighted by molar-refractivity contribution is -0.158. The van der Waals surface area contributed by atoms with Gasteiger partial charge in [-0.3, -0.25) is 9.59 Å². The smallest absolute Gasteiger partial charge is 0.246 e. The highest BCUT2D eigenvalue weighted by atomic mass is 16.5. The molecule has 1 heterocycles. The zero-order valence-corrected chi connectivity index (χ0v) is 13.9. The third-order valence-corrected chi connectivity index (χ3v) is 4.54. The first-order valence-corrected chi connectivity index (χ1v) is 8.18. The minimum absolute atomic E-state index is 0.0114. The fourth-order valence-corrected chi connectivity index (χ4v) is 3.15. The molecule has 0 radical (unpaired) electrons. The van der Waals surface area contributed by atoms with Crippen molar-refractivity contribution < 1.29 is 14.3 Å². The van der Waals surface area contributed by atoms with E-state index in [0.717, 1.165) is 19.3 Å². The van der Waals surface area contributed by atoms with Gasteiger partial charge in [0.1, 0.15) is 11.6 Å². The van der Waals surface area contributed by atoms with E-state index in [1.807, 2.05) is 25.7 Å². The standard InChI is InChI=1S/C16H30N2O3/c1-5-10-13-14(19)18(11-8-9-12-21-4)16(6-2,7-3)15(20)17-13/h13H,5-12H2,1-4H3,(H,17,20). The molecule has 1 unspecified atom stereocenters. The zero-order chi connectivity index (χ0) is 15.9. The van der Waals surface area contributed by atoms with Crippen molar-refractivity contribution in [2.45, 2.75) is 70.9 Å². The Hall–Kier alpha value is -1.10. The highest BCUT2D eigenvalue weighted by Gasteiger charge is 2.49. The first-order valence-electron chi connectivity index (χ1n) is 8.18. The molecule has 0 bridgehead atoms. The fraction of sp³-hybridized carbons (Fsp3) is 0.875. The van der Waals surface area contributed by atoms with Gasteiger partial charge in [-0.15, -0.1) is 0 Å². The number of hydrogen-bond acceptors (Lipinski definition) is 3. The summed E-state index contributed by atoms with van der Waals surface area (Å²) in [4.78, 5) is 27.2. The van der Waals surface area contributed by atoms with E-state index in [9.17, 15) is 9.59 Å². The minimum atomic E-state index is -0.672. The van der Waals surface area contributed by atoms with Crippen molar-refractivity contribution in [1.82, 2.24) is 10.2 Å². The normalized spacial score (nSPS) is 21.5. The van der Waals surface area contributed by atoms with E-state index in [0.29, 0.717) is 32.4 Å². The van der Waals surface area contributed by atoms with Gasteiger partial charge < -0.3 is 15.0 Å². The summed E-state index contributed by atoms with van der Waals surface area (Å²) in [6.07, 6.45) is 4.69. The molecule has 122 valence electrons. The summed E-state index contributed by atoms with van der Waals surface area (Å²) in [5.74, 6) is 0.0925. The Labute approximate surface area is 128 Å². The van der Waals surface area contributed by atoms with Crippen molar-refractivity contribution in [3.05, 3.63) is 0 Å². The second-order valence-corrected chi connectivity index (χ2v) is 5.74. The van der Waals surface area contributed by atoms with Gasteiger partial charge in [-0.25, -0.2) is 0 Å². The number of hydrogen-bond donors (Lipinski definition) is 1. The Morgan fingerprint density at radius 3 is 2.38 bits per heavy atom. The van der Waals surface area contributed by atoms with Crippen LogP contribution in [0.3, 0.4) is 0 Å². The highest BCUT2D eigenvalue weighted by molar-refractivity contribution is 5.99. The van der Waals surface area contributed by atoms with Gasteiger partial charge in [0.2, 0.25) is 11.8 Å². The van der Waals surface area contributed by atoms with Crippen LogP contribution in [-0.4, -0.2) is 48.6 Å². The summed E-state index contributed by atoms with van der Waals surface area (Å²) in [5, 5.41) is 2.94. The predicted octanol–water partition coefficient (Wildman–Crippen LogP) is 2.10. The van der Waals surface area contributed by atoms with Gasteiger partial charge >= 0.3 is 0 Å². The van der Waals surface area contributed by atoms with Crippen molar-refractivity contribution in [3.8, 4) is 0 Å². The molecule has 0 saturated carbocycles. The van der Waals surface area contributed by atoms with Crippen molar-refractivity contribution >= 4 is 11.8 Å². The minimum Gasteiger partial charge on any atom is -0.385 e. The van der Waals surface area contributed by atoms with Crippen molar-refractivity contribution in [3.63, 3.8) is 0 Å². The molecule has 0 aromatic carbocycles. The summed E-state index contributed by atoms with van der Waals surface area (Å²) < 4.78 is 5.06. The number of ether oxygens (including phenoxy) is 1. The molecule has 1 rings (SSSR count). The largest absolute Gasteiger partial charge is 0.385 e. The third kappa shape index (κ3) is 3.76. The van der Waals surface area contributed by atoms with Gasteiger partial charge in [-0.2, -0.15) is 0 Å². The Balaban J connectivity index is 2.89. The summed E-state index contributed by atoms with van der Waals surface area (Å²) in [6, 6.07) is -0.351. The van der Waals surface area contributed by atoms with Crippen LogP contribution in [0.5, 0.6) is 0 Å². The molecule has 2 amide bonds. The van der Waals surface area contributed by atoms with Gasteiger partial charge in [0.15, 0.2) is 0 Å². The number of amides is 2. The molecule has 0 spiro atoms. The maximum atomic E-state index is 12.7. The van der Waals surface area contributed by atoms with E-state index >= 15 is 0 Å². The summed E-state index contributed by atoms with van der Waals surface area (Å²) in [5.41, 5.74) is -0.672. The lowest BCUT2D eigenvalue weighted by atomic mass is 9.85. The van der Waals surface area contributed by atoms with Crippen molar-refractivity contribution in [2.24, 2.45) is 0 Å². The van der Waals surface area contributed by atoms with E-state index in [4.69, 9.17) is 4.74 Å². The van der Waals surface area contributed by atoms with Crippen LogP contribution < -0.4 is 5.32 Å². The average Bonchev–Trinajstić information content (AvgIpc) is 2.49. The van der Waals surface area contributed by atoms with Crippen LogP contribution in [-0.2, 0) is 14.3 Å². The molecule has 0 aromatic heterocycles. The molecule has 1 N–H and O–H groups in total. The molecule has 21 heavy (non-hydrogen) atoms. The Morgan fingerprint density at radius 2 is 1.86 bits per heavy atom.